The fourth-order valence-electron chi connectivity index (χ4n) is 2.96. The van der Waals surface area contributed by atoms with Gasteiger partial charge in [-0.15, -0.1) is 0 Å². The predicted molar refractivity (Wildman–Crippen MR) is 115 cm³/mol. The number of halogens is 1. The van der Waals surface area contributed by atoms with E-state index in [2.05, 4.69) is 10.2 Å². The molecule has 9 nitrogen and oxygen atoms in total. The van der Waals surface area contributed by atoms with Gasteiger partial charge >= 0.3 is 0 Å². The second-order valence-corrected chi connectivity index (χ2v) is 8.61. The van der Waals surface area contributed by atoms with E-state index in [4.69, 9.17) is 4.74 Å². The Kier molecular flexibility index (Phi) is 5.71. The molecule has 1 N–H and O–H groups in total. The summed E-state index contributed by atoms with van der Waals surface area (Å²) in [6.07, 6.45) is 0. The molecule has 0 aliphatic heterocycles. The molecule has 0 bridgehead atoms. The molecule has 1 heterocycles. The molecule has 0 unspecified atom stereocenters. The number of hydrogen-bond acceptors (Lipinski definition) is 7. The lowest BCUT2D eigenvalue weighted by molar-refractivity contribution is -0.384. The molecule has 33 heavy (non-hydrogen) atoms. The van der Waals surface area contributed by atoms with Crippen molar-refractivity contribution in [3.8, 4) is 22.8 Å². The Bertz CT molecular complexity index is 1450. The first-order valence-electron chi connectivity index (χ1n) is 9.38. The summed E-state index contributed by atoms with van der Waals surface area (Å²) >= 11 is 0. The zero-order chi connectivity index (χ0) is 23.6. The molecule has 0 fully saturated rings. The average Bonchev–Trinajstić information content (AvgIpc) is 3.30. The number of ether oxygens (including phenoxy) is 1. The van der Waals surface area contributed by atoms with E-state index in [-0.39, 0.29) is 22.0 Å². The van der Waals surface area contributed by atoms with E-state index < -0.39 is 25.7 Å². The molecule has 0 atom stereocenters. The fourth-order valence-corrected chi connectivity index (χ4v) is 4.06. The van der Waals surface area contributed by atoms with Crippen LogP contribution in [0.4, 0.5) is 10.1 Å². The van der Waals surface area contributed by atoms with Crippen LogP contribution < -0.4 is 4.74 Å². The van der Waals surface area contributed by atoms with Crippen molar-refractivity contribution in [2.24, 2.45) is 0 Å². The zero-order valence-corrected chi connectivity index (χ0v) is 17.5. The Morgan fingerprint density at radius 3 is 2.33 bits per heavy atom. The van der Waals surface area contributed by atoms with E-state index in [1.165, 1.54) is 30.3 Å². The molecule has 166 valence electrons. The minimum atomic E-state index is -4.47. The summed E-state index contributed by atoms with van der Waals surface area (Å²) < 4.78 is 44.3. The number of nitro groups is 1. The highest BCUT2D eigenvalue weighted by Gasteiger charge is 2.29. The lowest BCUT2D eigenvalue weighted by Crippen LogP contribution is -2.15. The summed E-state index contributed by atoms with van der Waals surface area (Å²) in [6.45, 7) is 0. The maximum Gasteiger partial charge on any atom is 0.299 e. The van der Waals surface area contributed by atoms with Crippen molar-refractivity contribution in [3.05, 3.63) is 100 Å². The van der Waals surface area contributed by atoms with Gasteiger partial charge in [0.1, 0.15) is 23.0 Å². The SMILES string of the molecule is O=C(c1cc(-c2ccccc2Oc2ccc(F)cc2)n[nH]1)S(=O)(=O)c1ccc([N+](=O)[O-])cc1. The Labute approximate surface area is 186 Å². The molecule has 0 saturated carbocycles. The number of carbonyl (C=O) groups is 1. The number of aromatic nitrogens is 2. The lowest BCUT2D eigenvalue weighted by Gasteiger charge is -2.09. The van der Waals surface area contributed by atoms with Gasteiger partial charge in [0.05, 0.1) is 15.5 Å². The molecule has 0 saturated heterocycles. The summed E-state index contributed by atoms with van der Waals surface area (Å²) in [5.41, 5.74) is 0.114. The van der Waals surface area contributed by atoms with Crippen LogP contribution in [0.15, 0.2) is 83.8 Å². The number of sulfone groups is 1. The van der Waals surface area contributed by atoms with E-state index >= 15 is 0 Å². The average molecular weight is 467 g/mol. The van der Waals surface area contributed by atoms with Crippen molar-refractivity contribution < 1.29 is 27.3 Å². The van der Waals surface area contributed by atoms with Crippen LogP contribution in [0.5, 0.6) is 11.5 Å². The molecule has 1 aromatic heterocycles. The van der Waals surface area contributed by atoms with E-state index in [1.54, 1.807) is 24.3 Å². The highest BCUT2D eigenvalue weighted by atomic mass is 32.2. The monoisotopic (exact) mass is 467 g/mol. The largest absolute Gasteiger partial charge is 0.457 e. The van der Waals surface area contributed by atoms with Crippen LogP contribution in [0.3, 0.4) is 0 Å². The van der Waals surface area contributed by atoms with Crippen LogP contribution in [-0.2, 0) is 9.84 Å². The first-order chi connectivity index (χ1) is 15.8. The number of nitro benzene ring substituents is 1. The van der Waals surface area contributed by atoms with Gasteiger partial charge in [-0.2, -0.15) is 5.10 Å². The van der Waals surface area contributed by atoms with Gasteiger partial charge in [-0.1, -0.05) is 12.1 Å². The summed E-state index contributed by atoms with van der Waals surface area (Å²) in [7, 11) is -4.47. The van der Waals surface area contributed by atoms with Gasteiger partial charge < -0.3 is 4.74 Å². The topological polar surface area (TPSA) is 132 Å². The van der Waals surface area contributed by atoms with Gasteiger partial charge in [0.2, 0.25) is 9.84 Å². The van der Waals surface area contributed by atoms with Crippen LogP contribution in [0.1, 0.15) is 10.5 Å². The Balaban J connectivity index is 1.62. The third-order valence-electron chi connectivity index (χ3n) is 4.60. The number of nitrogens with one attached hydrogen (secondary N) is 1. The predicted octanol–water partition coefficient (Wildman–Crippen LogP) is 4.53. The van der Waals surface area contributed by atoms with Crippen LogP contribution in [-0.4, -0.2) is 28.7 Å². The molecule has 4 aromatic rings. The summed E-state index contributed by atoms with van der Waals surface area (Å²) in [5.74, 6) is 0.310. The molecule has 0 radical (unpaired) electrons. The highest BCUT2D eigenvalue weighted by molar-refractivity contribution is 8.06. The summed E-state index contributed by atoms with van der Waals surface area (Å²) in [4.78, 5) is 22.4. The second-order valence-electron chi connectivity index (χ2n) is 6.76. The Morgan fingerprint density at radius 2 is 1.67 bits per heavy atom. The first-order valence-corrected chi connectivity index (χ1v) is 10.9. The van der Waals surface area contributed by atoms with E-state index in [1.807, 2.05) is 0 Å². The maximum absolute atomic E-state index is 13.1. The number of H-pyrrole nitrogens is 1. The van der Waals surface area contributed by atoms with Gasteiger partial charge in [0.25, 0.3) is 10.8 Å². The van der Waals surface area contributed by atoms with Crippen LogP contribution in [0, 0.1) is 15.9 Å². The van der Waals surface area contributed by atoms with Crippen molar-refractivity contribution in [1.29, 1.82) is 0 Å². The molecule has 0 aliphatic rings. The zero-order valence-electron chi connectivity index (χ0n) is 16.6. The molecule has 3 aromatic carbocycles. The smallest absolute Gasteiger partial charge is 0.299 e. The molecule has 0 amide bonds. The van der Waals surface area contributed by atoms with E-state index in [0.717, 1.165) is 24.3 Å². The number of carbonyl (C=O) groups excluding carboxylic acids is 1. The van der Waals surface area contributed by atoms with Crippen molar-refractivity contribution in [2.45, 2.75) is 4.90 Å². The van der Waals surface area contributed by atoms with Crippen molar-refractivity contribution in [3.63, 3.8) is 0 Å². The Morgan fingerprint density at radius 1 is 1.00 bits per heavy atom. The lowest BCUT2D eigenvalue weighted by atomic mass is 10.1. The number of rotatable bonds is 6. The molecule has 4 rings (SSSR count). The maximum atomic E-state index is 13.1. The van der Waals surface area contributed by atoms with Crippen LogP contribution in [0.25, 0.3) is 11.3 Å². The van der Waals surface area contributed by atoms with Crippen LogP contribution >= 0.6 is 0 Å². The third-order valence-corrected chi connectivity index (χ3v) is 6.20. The molecule has 0 spiro atoms. The Hall–Kier alpha value is -4.38. The number of para-hydroxylation sites is 1. The fraction of sp³-hybridized carbons (Fsp3) is 0. The quantitative estimate of drug-likeness (QED) is 0.325. The van der Waals surface area contributed by atoms with Gasteiger partial charge in [0, 0.05) is 17.7 Å². The van der Waals surface area contributed by atoms with Gasteiger partial charge in [-0.25, -0.2) is 12.8 Å². The van der Waals surface area contributed by atoms with E-state index in [9.17, 15) is 27.7 Å². The molecule has 11 heteroatoms. The van der Waals surface area contributed by atoms with Crippen molar-refractivity contribution >= 4 is 20.6 Å². The highest BCUT2D eigenvalue weighted by Crippen LogP contribution is 2.33. The van der Waals surface area contributed by atoms with Crippen molar-refractivity contribution in [2.75, 3.05) is 0 Å². The van der Waals surface area contributed by atoms with E-state index in [0.29, 0.717) is 17.1 Å². The summed E-state index contributed by atoms with van der Waals surface area (Å²) in [6, 6.07) is 17.3. The number of non-ortho nitro benzene ring substituents is 1. The summed E-state index contributed by atoms with van der Waals surface area (Å²) in [5, 5.41) is 16.0. The van der Waals surface area contributed by atoms with Crippen molar-refractivity contribution in [1.82, 2.24) is 10.2 Å². The number of hydrogen-bond donors (Lipinski definition) is 1. The van der Waals surface area contributed by atoms with Gasteiger partial charge in [-0.3, -0.25) is 20.0 Å². The molecule has 0 aliphatic carbocycles. The van der Waals surface area contributed by atoms with Crippen LogP contribution in [0.2, 0.25) is 0 Å². The van der Waals surface area contributed by atoms with Gasteiger partial charge in [0.15, 0.2) is 0 Å². The second kappa shape index (κ2) is 8.63. The first kappa shape index (κ1) is 21.8. The number of benzene rings is 3. The third kappa shape index (κ3) is 4.48. The normalized spacial score (nSPS) is 11.2. The molecular weight excluding hydrogens is 453 g/mol. The minimum absolute atomic E-state index is 0.245. The standard InChI is InChI=1S/C22H14FN3O6S/c23-14-5-9-16(10-6-14)32-21-4-2-1-3-18(21)19-13-20(25-24-19)22(27)33(30,31)17-11-7-15(8-12-17)26(28)29/h1-13H,(H,24,25). The minimum Gasteiger partial charge on any atom is -0.457 e. The number of aromatic amines is 1. The van der Waals surface area contributed by atoms with Gasteiger partial charge in [-0.05, 0) is 54.6 Å². The molecular formula is C22H14FN3O6S. The number of nitrogens with zero attached hydrogens (tertiary/aromatic N) is 2.